The summed E-state index contributed by atoms with van der Waals surface area (Å²) < 4.78 is 5.27. The third kappa shape index (κ3) is 3.17. The lowest BCUT2D eigenvalue weighted by atomic mass is 9.89. The first kappa shape index (κ1) is 14.7. The third-order valence-corrected chi connectivity index (χ3v) is 5.03. The molecule has 0 spiro atoms. The predicted molar refractivity (Wildman–Crippen MR) is 85.0 cm³/mol. The Morgan fingerprint density at radius 2 is 2.33 bits per heavy atom. The average Bonchev–Trinajstić information content (AvgIpc) is 2.85. The molecule has 0 saturated heterocycles. The molecule has 0 radical (unpaired) electrons. The number of ether oxygens (including phenoxy) is 1. The largest absolute Gasteiger partial charge is 0.394 e. The maximum absolute atomic E-state index is 8.69. The van der Waals surface area contributed by atoms with E-state index in [2.05, 4.69) is 22.2 Å². The van der Waals surface area contributed by atoms with Gasteiger partial charge in [-0.15, -0.1) is 11.3 Å². The van der Waals surface area contributed by atoms with Gasteiger partial charge in [-0.25, -0.2) is 9.97 Å². The quantitative estimate of drug-likeness (QED) is 0.801. The van der Waals surface area contributed by atoms with Crippen molar-refractivity contribution in [1.82, 2.24) is 9.97 Å². The molecular weight excluding hydrogens is 286 g/mol. The van der Waals surface area contributed by atoms with E-state index in [4.69, 9.17) is 9.84 Å². The summed E-state index contributed by atoms with van der Waals surface area (Å²) in [5, 5.41) is 13.2. The van der Waals surface area contributed by atoms with Gasteiger partial charge in [-0.1, -0.05) is 6.92 Å². The average molecular weight is 307 g/mol. The maximum Gasteiger partial charge on any atom is 0.138 e. The minimum Gasteiger partial charge on any atom is -0.394 e. The molecule has 0 fully saturated rings. The molecule has 0 bridgehead atoms. The molecule has 1 atom stereocenters. The van der Waals surface area contributed by atoms with E-state index < -0.39 is 0 Å². The van der Waals surface area contributed by atoms with Crippen LogP contribution in [0.1, 0.15) is 23.8 Å². The lowest BCUT2D eigenvalue weighted by Crippen LogP contribution is -2.13. The second kappa shape index (κ2) is 6.68. The predicted octanol–water partition coefficient (Wildman–Crippen LogP) is 2.24. The fourth-order valence-corrected chi connectivity index (χ4v) is 4.17. The minimum atomic E-state index is 0.0635. The van der Waals surface area contributed by atoms with E-state index in [0.29, 0.717) is 19.8 Å². The van der Waals surface area contributed by atoms with Crippen LogP contribution in [-0.2, 0) is 17.6 Å². The highest BCUT2D eigenvalue weighted by Gasteiger charge is 2.22. The number of thiophene rings is 1. The minimum absolute atomic E-state index is 0.0635. The molecule has 114 valence electrons. The van der Waals surface area contributed by atoms with Crippen molar-refractivity contribution in [2.45, 2.75) is 26.2 Å². The van der Waals surface area contributed by atoms with Crippen LogP contribution in [0.3, 0.4) is 0 Å². The number of aromatic nitrogens is 2. The zero-order valence-electron chi connectivity index (χ0n) is 12.3. The van der Waals surface area contributed by atoms with Gasteiger partial charge in [0.1, 0.15) is 17.0 Å². The van der Waals surface area contributed by atoms with Gasteiger partial charge in [0.05, 0.1) is 25.2 Å². The van der Waals surface area contributed by atoms with E-state index in [9.17, 15) is 0 Å². The normalized spacial score (nSPS) is 17.9. The molecule has 0 aromatic carbocycles. The summed E-state index contributed by atoms with van der Waals surface area (Å²) in [6.45, 7) is 4.01. The molecule has 3 rings (SSSR count). The van der Waals surface area contributed by atoms with Gasteiger partial charge < -0.3 is 15.2 Å². The Morgan fingerprint density at radius 3 is 3.19 bits per heavy atom. The summed E-state index contributed by atoms with van der Waals surface area (Å²) in [6.07, 6.45) is 5.16. The highest BCUT2D eigenvalue weighted by molar-refractivity contribution is 7.19. The van der Waals surface area contributed by atoms with Crippen molar-refractivity contribution < 1.29 is 9.84 Å². The first-order valence-electron chi connectivity index (χ1n) is 7.47. The Bertz CT molecular complexity index is 614. The summed E-state index contributed by atoms with van der Waals surface area (Å²) in [7, 11) is 0. The topological polar surface area (TPSA) is 67.3 Å². The van der Waals surface area contributed by atoms with E-state index in [-0.39, 0.29) is 6.61 Å². The van der Waals surface area contributed by atoms with Gasteiger partial charge in [0.2, 0.25) is 0 Å². The van der Waals surface area contributed by atoms with E-state index in [1.165, 1.54) is 22.2 Å². The maximum atomic E-state index is 8.69. The van der Waals surface area contributed by atoms with Crippen molar-refractivity contribution in [2.24, 2.45) is 5.92 Å². The molecule has 0 saturated carbocycles. The molecule has 2 N–H and O–H groups in total. The van der Waals surface area contributed by atoms with Gasteiger partial charge in [-0.05, 0) is 30.7 Å². The Kier molecular flexibility index (Phi) is 4.67. The molecule has 1 aliphatic rings. The number of aryl methyl sites for hydroxylation is 1. The van der Waals surface area contributed by atoms with Crippen molar-refractivity contribution in [1.29, 1.82) is 0 Å². The van der Waals surface area contributed by atoms with Crippen LogP contribution in [0.2, 0.25) is 0 Å². The molecular formula is C15H21N3O2S. The fraction of sp³-hybridized carbons (Fsp3) is 0.600. The van der Waals surface area contributed by atoms with Crippen molar-refractivity contribution in [3.8, 4) is 0 Å². The standard InChI is InChI=1S/C15H21N3O2S/c1-10-2-3-11-12(8-10)21-15-13(11)14(17-9-18-15)16-4-6-20-7-5-19/h9-10,19H,2-8H2,1H3,(H,16,17,18)/t10-/m1/s1. The van der Waals surface area contributed by atoms with Crippen LogP contribution < -0.4 is 5.32 Å². The summed E-state index contributed by atoms with van der Waals surface area (Å²) >= 11 is 1.81. The van der Waals surface area contributed by atoms with Crippen LogP contribution in [0.5, 0.6) is 0 Å². The number of rotatable bonds is 6. The lowest BCUT2D eigenvalue weighted by molar-refractivity contribution is 0.0992. The molecule has 1 aliphatic carbocycles. The first-order valence-corrected chi connectivity index (χ1v) is 8.29. The first-order chi connectivity index (χ1) is 10.3. The molecule has 21 heavy (non-hydrogen) atoms. The molecule has 2 heterocycles. The van der Waals surface area contributed by atoms with Crippen LogP contribution >= 0.6 is 11.3 Å². The Balaban J connectivity index is 1.79. The smallest absolute Gasteiger partial charge is 0.138 e. The van der Waals surface area contributed by atoms with Gasteiger partial charge in [-0.2, -0.15) is 0 Å². The van der Waals surface area contributed by atoms with E-state index >= 15 is 0 Å². The van der Waals surface area contributed by atoms with Gasteiger partial charge in [0.25, 0.3) is 0 Å². The molecule has 0 unspecified atom stereocenters. The highest BCUT2D eigenvalue weighted by Crippen LogP contribution is 2.39. The third-order valence-electron chi connectivity index (χ3n) is 3.87. The molecule has 5 nitrogen and oxygen atoms in total. The summed E-state index contributed by atoms with van der Waals surface area (Å²) in [4.78, 5) is 11.4. The zero-order valence-corrected chi connectivity index (χ0v) is 13.1. The van der Waals surface area contributed by atoms with Gasteiger partial charge in [0.15, 0.2) is 0 Å². The van der Waals surface area contributed by atoms with Gasteiger partial charge in [0, 0.05) is 11.4 Å². The van der Waals surface area contributed by atoms with Gasteiger partial charge in [-0.3, -0.25) is 0 Å². The number of nitrogens with zero attached hydrogens (tertiary/aromatic N) is 2. The number of aliphatic hydroxyl groups excluding tert-OH is 1. The number of fused-ring (bicyclic) bond motifs is 3. The van der Waals surface area contributed by atoms with Gasteiger partial charge >= 0.3 is 0 Å². The number of hydrogen-bond acceptors (Lipinski definition) is 6. The van der Waals surface area contributed by atoms with E-state index in [1.807, 2.05) is 11.3 Å². The summed E-state index contributed by atoms with van der Waals surface area (Å²) in [5.74, 6) is 1.68. The Labute approximate surface area is 128 Å². The van der Waals surface area contributed by atoms with Crippen LogP contribution in [0, 0.1) is 5.92 Å². The molecule has 2 aromatic heterocycles. The Morgan fingerprint density at radius 1 is 1.43 bits per heavy atom. The number of hydrogen-bond donors (Lipinski definition) is 2. The lowest BCUT2D eigenvalue weighted by Gasteiger charge is -2.18. The van der Waals surface area contributed by atoms with Crippen LogP contribution in [0.25, 0.3) is 10.2 Å². The van der Waals surface area contributed by atoms with Crippen molar-refractivity contribution in [3.05, 3.63) is 16.8 Å². The molecule has 2 aromatic rings. The fourth-order valence-electron chi connectivity index (χ4n) is 2.82. The summed E-state index contributed by atoms with van der Waals surface area (Å²) in [6, 6.07) is 0. The van der Waals surface area contributed by atoms with E-state index in [1.54, 1.807) is 6.33 Å². The highest BCUT2D eigenvalue weighted by atomic mass is 32.1. The second-order valence-corrected chi connectivity index (χ2v) is 6.60. The van der Waals surface area contributed by atoms with E-state index in [0.717, 1.165) is 29.4 Å². The number of aliphatic hydroxyl groups is 1. The van der Waals surface area contributed by atoms with Crippen LogP contribution in [0.15, 0.2) is 6.33 Å². The van der Waals surface area contributed by atoms with Crippen molar-refractivity contribution in [3.63, 3.8) is 0 Å². The number of anilines is 1. The monoisotopic (exact) mass is 307 g/mol. The Hall–Kier alpha value is -1.24. The zero-order chi connectivity index (χ0) is 14.7. The van der Waals surface area contributed by atoms with Crippen molar-refractivity contribution >= 4 is 27.4 Å². The second-order valence-electron chi connectivity index (χ2n) is 5.52. The summed E-state index contributed by atoms with van der Waals surface area (Å²) in [5.41, 5.74) is 1.44. The van der Waals surface area contributed by atoms with Crippen LogP contribution in [0.4, 0.5) is 5.82 Å². The van der Waals surface area contributed by atoms with Crippen molar-refractivity contribution in [2.75, 3.05) is 31.7 Å². The molecule has 6 heteroatoms. The number of nitrogens with one attached hydrogen (secondary N) is 1. The molecule has 0 aliphatic heterocycles. The molecule has 0 amide bonds. The van der Waals surface area contributed by atoms with Crippen LogP contribution in [-0.4, -0.2) is 41.4 Å². The SMILES string of the molecule is C[C@@H]1CCc2c(sc3ncnc(NCCOCCO)c23)C1.